The van der Waals surface area contributed by atoms with Gasteiger partial charge in [-0.05, 0) is 74.2 Å². The summed E-state index contributed by atoms with van der Waals surface area (Å²) < 4.78 is 2.42. The van der Waals surface area contributed by atoms with Crippen LogP contribution in [0.4, 0.5) is 11.4 Å². The third kappa shape index (κ3) is 3.78. The van der Waals surface area contributed by atoms with Crippen molar-refractivity contribution in [3.63, 3.8) is 0 Å². The molecule has 4 aromatic rings. The smallest absolute Gasteiger partial charge is 0.201 e. The van der Waals surface area contributed by atoms with Gasteiger partial charge in [-0.3, -0.25) is 9.98 Å². The normalized spacial score (nSPS) is 19.7. The van der Waals surface area contributed by atoms with E-state index in [4.69, 9.17) is 9.98 Å². The van der Waals surface area contributed by atoms with Crippen LogP contribution in [0.1, 0.15) is 25.7 Å². The topological polar surface area (TPSA) is 42.6 Å². The zero-order valence-corrected chi connectivity index (χ0v) is 22.5. The minimum Gasteiger partial charge on any atom is -0.342 e. The van der Waals surface area contributed by atoms with Crippen molar-refractivity contribution in [2.24, 2.45) is 9.98 Å². The van der Waals surface area contributed by atoms with E-state index < -0.39 is 0 Å². The fourth-order valence-corrected chi connectivity index (χ4v) is 6.94. The Hall–Kier alpha value is -4.00. The molecule has 0 bridgehead atoms. The van der Waals surface area contributed by atoms with E-state index in [9.17, 15) is 0 Å². The first-order valence-corrected chi connectivity index (χ1v) is 14.6. The maximum absolute atomic E-state index is 4.96. The zero-order chi connectivity index (χ0) is 25.8. The number of aliphatic imine (C=N–C) groups is 2. The standard InChI is InChI=1S/C32H35N7/c1-2-8-24(9-3-1)39-29-12-10-25(37-20-6-18-35-16-4-14-33-31(35)37)22-27(29)28-23-26(11-13-30(28)39)38-21-7-19-36-17-5-15-34-32(36)38/h1-3,8-13,22-23H,4-7,14-21H2. The van der Waals surface area contributed by atoms with E-state index in [1.54, 1.807) is 0 Å². The predicted octanol–water partition coefficient (Wildman–Crippen LogP) is 5.33. The molecule has 4 aliphatic rings. The Kier molecular flexibility index (Phi) is 5.49. The van der Waals surface area contributed by atoms with Gasteiger partial charge in [0, 0.05) is 80.2 Å². The quantitative estimate of drug-likeness (QED) is 0.369. The molecule has 0 amide bonds. The number of benzene rings is 3. The van der Waals surface area contributed by atoms with E-state index >= 15 is 0 Å². The van der Waals surface area contributed by atoms with E-state index in [0.29, 0.717) is 0 Å². The minimum absolute atomic E-state index is 0.929. The lowest BCUT2D eigenvalue weighted by molar-refractivity contribution is 0.360. The number of aromatic nitrogens is 1. The molecule has 0 spiro atoms. The Balaban J connectivity index is 1.31. The molecule has 0 unspecified atom stereocenters. The van der Waals surface area contributed by atoms with Crippen LogP contribution < -0.4 is 9.80 Å². The fraction of sp³-hybridized carbons (Fsp3) is 0.375. The van der Waals surface area contributed by atoms with Crippen LogP contribution in [-0.4, -0.2) is 78.6 Å². The highest BCUT2D eigenvalue weighted by molar-refractivity contribution is 6.13. The number of anilines is 2. The molecule has 198 valence electrons. The first-order valence-electron chi connectivity index (χ1n) is 14.6. The van der Waals surface area contributed by atoms with E-state index in [1.807, 2.05) is 0 Å². The second-order valence-corrected chi connectivity index (χ2v) is 11.1. The van der Waals surface area contributed by atoms with Crippen molar-refractivity contribution >= 4 is 45.1 Å². The lowest BCUT2D eigenvalue weighted by Gasteiger charge is -2.41. The molecule has 7 nitrogen and oxygen atoms in total. The van der Waals surface area contributed by atoms with Crippen molar-refractivity contribution in [1.29, 1.82) is 0 Å². The minimum atomic E-state index is 0.929. The number of hydrogen-bond donors (Lipinski definition) is 0. The van der Waals surface area contributed by atoms with Gasteiger partial charge in [0.2, 0.25) is 11.9 Å². The van der Waals surface area contributed by atoms with Crippen molar-refractivity contribution in [2.75, 3.05) is 62.2 Å². The average molecular weight is 518 g/mol. The first-order chi connectivity index (χ1) is 19.3. The van der Waals surface area contributed by atoms with E-state index in [-0.39, 0.29) is 0 Å². The summed E-state index contributed by atoms with van der Waals surface area (Å²) in [6.07, 6.45) is 4.65. The van der Waals surface area contributed by atoms with Crippen LogP contribution in [0.15, 0.2) is 76.7 Å². The van der Waals surface area contributed by atoms with Crippen LogP contribution in [0.2, 0.25) is 0 Å². The third-order valence-corrected chi connectivity index (χ3v) is 8.72. The maximum atomic E-state index is 4.96. The van der Waals surface area contributed by atoms with Crippen LogP contribution >= 0.6 is 0 Å². The van der Waals surface area contributed by atoms with Crippen LogP contribution in [0.25, 0.3) is 27.5 Å². The lowest BCUT2D eigenvalue weighted by Crippen LogP contribution is -2.52. The summed E-state index contributed by atoms with van der Waals surface area (Å²) in [5.41, 5.74) is 6.16. The Bertz CT molecular complexity index is 1500. The number of hydrogen-bond acceptors (Lipinski definition) is 6. The van der Waals surface area contributed by atoms with Crippen LogP contribution in [0, 0.1) is 0 Å². The Morgan fingerprint density at radius 3 is 1.54 bits per heavy atom. The number of fused-ring (bicyclic) bond motifs is 5. The molecule has 8 rings (SSSR count). The van der Waals surface area contributed by atoms with Gasteiger partial charge >= 0.3 is 0 Å². The second kappa shape index (κ2) is 9.33. The highest BCUT2D eigenvalue weighted by Gasteiger charge is 2.29. The highest BCUT2D eigenvalue weighted by Crippen LogP contribution is 2.38. The van der Waals surface area contributed by atoms with E-state index in [2.05, 4.69) is 90.9 Å². The molecule has 39 heavy (non-hydrogen) atoms. The van der Waals surface area contributed by atoms with Crippen LogP contribution in [-0.2, 0) is 0 Å². The monoisotopic (exact) mass is 517 g/mol. The number of para-hydroxylation sites is 1. The molecule has 3 aromatic carbocycles. The summed E-state index contributed by atoms with van der Waals surface area (Å²) in [6.45, 7) is 8.36. The molecule has 0 aliphatic carbocycles. The molecule has 7 heteroatoms. The van der Waals surface area contributed by atoms with Crippen LogP contribution in [0.3, 0.4) is 0 Å². The molecule has 5 heterocycles. The Morgan fingerprint density at radius 2 is 1.00 bits per heavy atom. The molecular weight excluding hydrogens is 482 g/mol. The second-order valence-electron chi connectivity index (χ2n) is 11.1. The third-order valence-electron chi connectivity index (χ3n) is 8.72. The SMILES string of the molecule is c1ccc(-n2c3ccc(N4CCCN5CCCN=C54)cc3c3cc(N4CCCN5CCCN=C54)ccc32)cc1. The fourth-order valence-electron chi connectivity index (χ4n) is 6.94. The number of nitrogens with zero attached hydrogens (tertiary/aromatic N) is 7. The van der Waals surface area contributed by atoms with E-state index in [1.165, 1.54) is 51.7 Å². The Labute approximate surface area is 229 Å². The Morgan fingerprint density at radius 1 is 0.487 bits per heavy atom. The van der Waals surface area contributed by atoms with Gasteiger partial charge in [0.05, 0.1) is 11.0 Å². The van der Waals surface area contributed by atoms with Gasteiger partial charge in [0.15, 0.2) is 0 Å². The van der Waals surface area contributed by atoms with Crippen LogP contribution in [0.5, 0.6) is 0 Å². The molecule has 0 saturated carbocycles. The maximum Gasteiger partial charge on any atom is 0.201 e. The van der Waals surface area contributed by atoms with Crippen molar-refractivity contribution < 1.29 is 0 Å². The van der Waals surface area contributed by atoms with Gasteiger partial charge in [0.1, 0.15) is 0 Å². The molecule has 0 radical (unpaired) electrons. The van der Waals surface area contributed by atoms with Gasteiger partial charge in [0.25, 0.3) is 0 Å². The predicted molar refractivity (Wildman–Crippen MR) is 162 cm³/mol. The average Bonchev–Trinajstić information content (AvgIpc) is 3.34. The summed E-state index contributed by atoms with van der Waals surface area (Å²) in [6, 6.07) is 24.8. The molecule has 2 fully saturated rings. The van der Waals surface area contributed by atoms with Gasteiger partial charge in [-0.15, -0.1) is 0 Å². The van der Waals surface area contributed by atoms with Gasteiger partial charge in [-0.1, -0.05) is 18.2 Å². The van der Waals surface area contributed by atoms with Gasteiger partial charge in [-0.2, -0.15) is 0 Å². The van der Waals surface area contributed by atoms with Crippen molar-refractivity contribution in [3.05, 3.63) is 66.7 Å². The molecule has 0 atom stereocenters. The van der Waals surface area contributed by atoms with Crippen molar-refractivity contribution in [1.82, 2.24) is 14.4 Å². The first kappa shape index (κ1) is 22.9. The summed E-state index contributed by atoms with van der Waals surface area (Å²) in [5, 5.41) is 2.59. The molecule has 4 aliphatic heterocycles. The van der Waals surface area contributed by atoms with E-state index in [0.717, 1.165) is 77.1 Å². The van der Waals surface area contributed by atoms with Crippen molar-refractivity contribution in [2.45, 2.75) is 25.7 Å². The summed E-state index contributed by atoms with van der Waals surface area (Å²) in [4.78, 5) is 19.7. The highest BCUT2D eigenvalue weighted by atomic mass is 15.4. The largest absolute Gasteiger partial charge is 0.342 e. The summed E-state index contributed by atoms with van der Waals surface area (Å²) in [7, 11) is 0. The van der Waals surface area contributed by atoms with Crippen molar-refractivity contribution in [3.8, 4) is 5.69 Å². The molecule has 2 saturated heterocycles. The van der Waals surface area contributed by atoms with Gasteiger partial charge < -0.3 is 24.2 Å². The lowest BCUT2D eigenvalue weighted by atomic mass is 10.1. The summed E-state index contributed by atoms with van der Waals surface area (Å²) in [5.74, 6) is 2.31. The number of rotatable bonds is 3. The molecule has 0 N–H and O–H groups in total. The number of guanidine groups is 2. The zero-order valence-electron chi connectivity index (χ0n) is 22.5. The molecule has 1 aromatic heterocycles. The van der Waals surface area contributed by atoms with Gasteiger partial charge in [-0.25, -0.2) is 0 Å². The summed E-state index contributed by atoms with van der Waals surface area (Å²) >= 11 is 0. The molecular formula is C32H35N7.